The largest absolute Gasteiger partial charge is 0.394 e. The fourth-order valence-corrected chi connectivity index (χ4v) is 11.4. The van der Waals surface area contributed by atoms with Gasteiger partial charge in [-0.25, -0.2) is 0 Å². The summed E-state index contributed by atoms with van der Waals surface area (Å²) in [5, 5.41) is 44.3. The first-order chi connectivity index (χ1) is 38.0. The molecule has 6 heteroatoms. The summed E-state index contributed by atoms with van der Waals surface area (Å²) in [6.07, 6.45) is 83.0. The number of unbranched alkanes of at least 4 members (excludes halogenated alkanes) is 53. The molecule has 0 saturated carbocycles. The van der Waals surface area contributed by atoms with Gasteiger partial charge in [-0.2, -0.15) is 0 Å². The predicted molar refractivity (Wildman–Crippen MR) is 339 cm³/mol. The van der Waals surface area contributed by atoms with Crippen molar-refractivity contribution in [2.45, 2.75) is 417 Å². The molecular weight excluding hydrogens is 947 g/mol. The van der Waals surface area contributed by atoms with Crippen molar-refractivity contribution < 1.29 is 25.2 Å². The first-order valence-electron chi connectivity index (χ1n) is 35.2. The number of nitrogens with one attached hydrogen (secondary N) is 1. The van der Waals surface area contributed by atoms with Gasteiger partial charge in [0.05, 0.1) is 18.8 Å². The molecule has 6 nitrogen and oxygen atoms in total. The Morgan fingerprint density at radius 3 is 0.818 bits per heavy atom. The van der Waals surface area contributed by atoms with Crippen LogP contribution in [-0.2, 0) is 4.79 Å². The topological polar surface area (TPSA) is 110 Å². The van der Waals surface area contributed by atoms with Crippen LogP contribution in [0.15, 0.2) is 24.3 Å². The van der Waals surface area contributed by atoms with Crippen LogP contribution in [0.5, 0.6) is 0 Å². The first-order valence-corrected chi connectivity index (χ1v) is 35.2. The Balaban J connectivity index is 3.53. The van der Waals surface area contributed by atoms with E-state index >= 15 is 0 Å². The molecule has 0 bridgehead atoms. The number of hydrogen-bond acceptors (Lipinski definition) is 5. The molecule has 0 radical (unpaired) electrons. The molecule has 4 unspecified atom stereocenters. The second kappa shape index (κ2) is 65.6. The fourth-order valence-electron chi connectivity index (χ4n) is 11.4. The Bertz CT molecular complexity index is 1170. The molecule has 0 aliphatic rings. The number of carbonyl (C=O) groups excluding carboxylic acids is 1. The molecule has 0 saturated heterocycles. The molecular formula is C71H139NO5. The van der Waals surface area contributed by atoms with Crippen molar-refractivity contribution in [1.29, 1.82) is 0 Å². The molecule has 0 aromatic heterocycles. The lowest BCUT2D eigenvalue weighted by Gasteiger charge is -2.27. The second-order valence-electron chi connectivity index (χ2n) is 24.6. The monoisotopic (exact) mass is 1090 g/mol. The van der Waals surface area contributed by atoms with Crippen molar-refractivity contribution in [2.75, 3.05) is 6.61 Å². The summed E-state index contributed by atoms with van der Waals surface area (Å²) in [6, 6.07) is -0.986. The first kappa shape index (κ1) is 75.8. The van der Waals surface area contributed by atoms with E-state index in [2.05, 4.69) is 43.5 Å². The summed E-state index contributed by atoms with van der Waals surface area (Å²) >= 11 is 0. The molecule has 5 N–H and O–H groups in total. The van der Waals surface area contributed by atoms with Crippen LogP contribution in [0.3, 0.4) is 0 Å². The third kappa shape index (κ3) is 59.2. The van der Waals surface area contributed by atoms with E-state index in [1.54, 1.807) is 0 Å². The standard InChI is InChI=1S/C71H139NO5/c1-3-5-7-9-11-13-15-17-19-21-23-25-27-29-31-33-34-35-37-39-41-43-45-47-49-51-53-55-57-59-61-63-65-69(75)71(77)72-67(66-73)70(76)68(74)64-62-60-58-56-54-52-50-48-46-44-42-40-38-36-32-30-28-26-24-22-20-18-16-14-12-10-8-6-4-2/h23,25,29,31,67-70,73-76H,3-22,24,26-28,30,32-66H2,1-2H3,(H,72,77)/b25-23-,31-29-. The number of aliphatic hydroxyl groups is 4. The highest BCUT2D eigenvalue weighted by Gasteiger charge is 2.28. The maximum absolute atomic E-state index is 12.7. The number of carbonyl (C=O) groups is 1. The molecule has 0 aromatic rings. The molecule has 0 aliphatic carbocycles. The van der Waals surface area contributed by atoms with Gasteiger partial charge in [-0.1, -0.05) is 372 Å². The SMILES string of the molecule is CCCCCCCCCCC/C=C\C/C=C\CCCCCCCCCCCCCCCCCCC(O)C(=O)NC(CO)C(O)C(O)CCCCCCCCCCCCCCCCCCCCCCCCCCCCCCC. The molecule has 0 fully saturated rings. The maximum Gasteiger partial charge on any atom is 0.249 e. The zero-order chi connectivity index (χ0) is 55.8. The quantitative estimate of drug-likeness (QED) is 0.0308. The third-order valence-corrected chi connectivity index (χ3v) is 16.9. The lowest BCUT2D eigenvalue weighted by molar-refractivity contribution is -0.132. The number of hydrogen-bond donors (Lipinski definition) is 5. The number of rotatable bonds is 66. The highest BCUT2D eigenvalue weighted by atomic mass is 16.3. The second-order valence-corrected chi connectivity index (χ2v) is 24.6. The smallest absolute Gasteiger partial charge is 0.249 e. The van der Waals surface area contributed by atoms with Gasteiger partial charge in [0, 0.05) is 0 Å². The van der Waals surface area contributed by atoms with Crippen LogP contribution in [-0.4, -0.2) is 57.3 Å². The van der Waals surface area contributed by atoms with E-state index in [4.69, 9.17) is 0 Å². The van der Waals surface area contributed by atoms with Crippen molar-refractivity contribution in [3.63, 3.8) is 0 Å². The van der Waals surface area contributed by atoms with Gasteiger partial charge in [-0.05, 0) is 44.9 Å². The zero-order valence-electron chi connectivity index (χ0n) is 52.2. The van der Waals surface area contributed by atoms with E-state index in [0.717, 1.165) is 44.9 Å². The highest BCUT2D eigenvalue weighted by Crippen LogP contribution is 2.20. The summed E-state index contributed by atoms with van der Waals surface area (Å²) in [5.74, 6) is -0.576. The molecule has 0 rings (SSSR count). The van der Waals surface area contributed by atoms with Crippen LogP contribution < -0.4 is 5.32 Å². The Labute approximate surface area is 482 Å². The van der Waals surface area contributed by atoms with E-state index in [0.29, 0.717) is 12.8 Å². The molecule has 458 valence electrons. The van der Waals surface area contributed by atoms with Crippen LogP contribution in [0.4, 0.5) is 0 Å². The zero-order valence-corrected chi connectivity index (χ0v) is 52.2. The van der Waals surface area contributed by atoms with Crippen molar-refractivity contribution in [3.05, 3.63) is 24.3 Å². The minimum absolute atomic E-state index is 0.372. The summed E-state index contributed by atoms with van der Waals surface area (Å²) in [7, 11) is 0. The van der Waals surface area contributed by atoms with Gasteiger partial charge in [0.2, 0.25) is 5.91 Å². The Kier molecular flexibility index (Phi) is 64.6. The summed E-state index contributed by atoms with van der Waals surface area (Å²) in [5.41, 5.74) is 0. The average molecular weight is 1090 g/mol. The van der Waals surface area contributed by atoms with Crippen LogP contribution >= 0.6 is 0 Å². The Morgan fingerprint density at radius 1 is 0.325 bits per heavy atom. The van der Waals surface area contributed by atoms with E-state index in [-0.39, 0.29) is 0 Å². The van der Waals surface area contributed by atoms with Crippen molar-refractivity contribution in [3.8, 4) is 0 Å². The van der Waals surface area contributed by atoms with E-state index < -0.39 is 36.9 Å². The van der Waals surface area contributed by atoms with E-state index in [9.17, 15) is 25.2 Å². The maximum atomic E-state index is 12.7. The summed E-state index contributed by atoms with van der Waals surface area (Å²) < 4.78 is 0. The summed E-state index contributed by atoms with van der Waals surface area (Å²) in [6.45, 7) is 4.11. The molecule has 0 spiro atoms. The Hall–Kier alpha value is -1.21. The highest BCUT2D eigenvalue weighted by molar-refractivity contribution is 5.80. The van der Waals surface area contributed by atoms with Gasteiger partial charge >= 0.3 is 0 Å². The molecule has 0 aromatic carbocycles. The average Bonchev–Trinajstić information content (AvgIpc) is 3.43. The van der Waals surface area contributed by atoms with Gasteiger partial charge in [0.1, 0.15) is 12.2 Å². The van der Waals surface area contributed by atoms with Crippen LogP contribution in [0.25, 0.3) is 0 Å². The van der Waals surface area contributed by atoms with Crippen LogP contribution in [0.1, 0.15) is 393 Å². The lowest BCUT2D eigenvalue weighted by atomic mass is 9.99. The normalized spacial score (nSPS) is 13.6. The number of aliphatic hydroxyl groups excluding tert-OH is 4. The van der Waals surface area contributed by atoms with Crippen LogP contribution in [0.2, 0.25) is 0 Å². The van der Waals surface area contributed by atoms with Gasteiger partial charge in [-0.15, -0.1) is 0 Å². The molecule has 1 amide bonds. The molecule has 0 heterocycles. The summed E-state index contributed by atoms with van der Waals surface area (Å²) in [4.78, 5) is 12.7. The molecule has 0 aliphatic heterocycles. The molecule has 77 heavy (non-hydrogen) atoms. The minimum atomic E-state index is -1.26. The van der Waals surface area contributed by atoms with Gasteiger partial charge in [0.15, 0.2) is 0 Å². The van der Waals surface area contributed by atoms with Gasteiger partial charge in [0.25, 0.3) is 0 Å². The Morgan fingerprint density at radius 2 is 0.558 bits per heavy atom. The minimum Gasteiger partial charge on any atom is -0.394 e. The third-order valence-electron chi connectivity index (χ3n) is 16.9. The van der Waals surface area contributed by atoms with Gasteiger partial charge < -0.3 is 25.7 Å². The molecule has 4 atom stereocenters. The van der Waals surface area contributed by atoms with Gasteiger partial charge in [-0.3, -0.25) is 4.79 Å². The van der Waals surface area contributed by atoms with Crippen LogP contribution in [0, 0.1) is 0 Å². The van der Waals surface area contributed by atoms with Crippen molar-refractivity contribution >= 4 is 5.91 Å². The lowest BCUT2D eigenvalue weighted by Crippen LogP contribution is -2.53. The predicted octanol–water partition coefficient (Wildman–Crippen LogP) is 21.7. The van der Waals surface area contributed by atoms with Crippen molar-refractivity contribution in [1.82, 2.24) is 5.32 Å². The van der Waals surface area contributed by atoms with E-state index in [1.807, 2.05) is 0 Å². The van der Waals surface area contributed by atoms with E-state index in [1.165, 1.54) is 321 Å². The number of allylic oxidation sites excluding steroid dienone is 4. The van der Waals surface area contributed by atoms with Crippen molar-refractivity contribution in [2.24, 2.45) is 0 Å². The number of amides is 1. The fraction of sp³-hybridized carbons (Fsp3) is 0.930.